The van der Waals surface area contributed by atoms with E-state index in [4.69, 9.17) is 9.84 Å². The molecule has 0 spiro atoms. The Balaban J connectivity index is 3.33. The summed E-state index contributed by atoms with van der Waals surface area (Å²) in [5, 5.41) is 9.09. The maximum absolute atomic E-state index is 13.1. The Morgan fingerprint density at radius 1 is 1.43 bits per heavy atom. The van der Waals surface area contributed by atoms with Crippen molar-refractivity contribution in [2.24, 2.45) is 0 Å². The largest absolute Gasteiger partial charge is 0.496 e. The van der Waals surface area contributed by atoms with Crippen LogP contribution in [0, 0.1) is 5.82 Å². The highest BCUT2D eigenvalue weighted by Crippen LogP contribution is 2.30. The summed E-state index contributed by atoms with van der Waals surface area (Å²) >= 11 is 0. The number of aliphatic hydroxyl groups is 1. The van der Waals surface area contributed by atoms with Gasteiger partial charge in [0.25, 0.3) is 0 Å². The van der Waals surface area contributed by atoms with Crippen LogP contribution in [-0.2, 0) is 6.61 Å². The van der Waals surface area contributed by atoms with Gasteiger partial charge in [-0.25, -0.2) is 4.39 Å². The van der Waals surface area contributed by atoms with Crippen molar-refractivity contribution in [1.29, 1.82) is 0 Å². The van der Waals surface area contributed by atoms with Gasteiger partial charge in [-0.3, -0.25) is 0 Å². The van der Waals surface area contributed by atoms with Crippen LogP contribution in [-0.4, -0.2) is 12.2 Å². The minimum absolute atomic E-state index is 0.165. The molecular formula is C11H15FO2. The highest BCUT2D eigenvalue weighted by atomic mass is 19.1. The van der Waals surface area contributed by atoms with Crippen LogP contribution in [0.4, 0.5) is 4.39 Å². The smallest absolute Gasteiger partial charge is 0.127 e. The van der Waals surface area contributed by atoms with Crippen LogP contribution in [0.2, 0.25) is 0 Å². The van der Waals surface area contributed by atoms with Gasteiger partial charge in [-0.2, -0.15) is 0 Å². The monoisotopic (exact) mass is 198 g/mol. The number of benzene rings is 1. The lowest BCUT2D eigenvalue weighted by molar-refractivity contribution is 0.278. The molecule has 0 saturated heterocycles. The minimum Gasteiger partial charge on any atom is -0.496 e. The first-order chi connectivity index (χ1) is 6.60. The third-order valence-electron chi connectivity index (χ3n) is 2.16. The Hall–Kier alpha value is -1.09. The molecule has 0 amide bonds. The fourth-order valence-corrected chi connectivity index (χ4v) is 1.60. The number of hydrogen-bond acceptors (Lipinski definition) is 2. The number of ether oxygens (including phenoxy) is 1. The normalized spacial score (nSPS) is 10.7. The molecule has 0 atom stereocenters. The molecule has 0 unspecified atom stereocenters. The summed E-state index contributed by atoms with van der Waals surface area (Å²) in [6.45, 7) is 3.80. The summed E-state index contributed by atoms with van der Waals surface area (Å²) in [6.07, 6.45) is 0. The van der Waals surface area contributed by atoms with E-state index in [1.54, 1.807) is 0 Å². The lowest BCUT2D eigenvalue weighted by atomic mass is 9.96. The zero-order valence-electron chi connectivity index (χ0n) is 8.67. The van der Waals surface area contributed by atoms with E-state index in [1.165, 1.54) is 19.2 Å². The Labute approximate surface area is 83.3 Å². The number of rotatable bonds is 3. The topological polar surface area (TPSA) is 29.5 Å². The SMILES string of the molecule is COc1cc(F)cc(CO)c1C(C)C. The predicted molar refractivity (Wildman–Crippen MR) is 53.0 cm³/mol. The van der Waals surface area contributed by atoms with Gasteiger partial charge in [0.2, 0.25) is 0 Å². The van der Waals surface area contributed by atoms with Gasteiger partial charge in [0.05, 0.1) is 13.7 Å². The number of methoxy groups -OCH3 is 1. The lowest BCUT2D eigenvalue weighted by Gasteiger charge is -2.15. The minimum atomic E-state index is -0.379. The van der Waals surface area contributed by atoms with Crippen LogP contribution in [0.25, 0.3) is 0 Å². The molecule has 0 aliphatic carbocycles. The van der Waals surface area contributed by atoms with Gasteiger partial charge in [-0.1, -0.05) is 13.8 Å². The molecule has 0 heterocycles. The summed E-state index contributed by atoms with van der Waals surface area (Å²) in [6, 6.07) is 2.69. The third-order valence-corrected chi connectivity index (χ3v) is 2.16. The molecule has 2 nitrogen and oxygen atoms in total. The molecule has 0 aliphatic heterocycles. The van der Waals surface area contributed by atoms with Gasteiger partial charge in [-0.05, 0) is 17.5 Å². The van der Waals surface area contributed by atoms with Crippen molar-refractivity contribution in [3.8, 4) is 5.75 Å². The van der Waals surface area contributed by atoms with Gasteiger partial charge in [-0.15, -0.1) is 0 Å². The van der Waals surface area contributed by atoms with Crippen molar-refractivity contribution >= 4 is 0 Å². The van der Waals surface area contributed by atoms with Crippen LogP contribution in [0.3, 0.4) is 0 Å². The standard InChI is InChI=1S/C11H15FO2/c1-7(2)11-8(6-13)4-9(12)5-10(11)14-3/h4-5,7,13H,6H2,1-3H3. The predicted octanol–water partition coefficient (Wildman–Crippen LogP) is 2.45. The zero-order chi connectivity index (χ0) is 10.7. The first kappa shape index (κ1) is 11.0. The van der Waals surface area contributed by atoms with Crippen molar-refractivity contribution < 1.29 is 14.2 Å². The molecule has 0 radical (unpaired) electrons. The second-order valence-electron chi connectivity index (χ2n) is 3.49. The molecule has 1 aromatic carbocycles. The van der Waals surface area contributed by atoms with Crippen LogP contribution in [0.15, 0.2) is 12.1 Å². The molecule has 0 aromatic heterocycles. The van der Waals surface area contributed by atoms with Crippen molar-refractivity contribution in [3.05, 3.63) is 29.1 Å². The van der Waals surface area contributed by atoms with E-state index in [0.717, 1.165) is 5.56 Å². The van der Waals surface area contributed by atoms with Gasteiger partial charge in [0, 0.05) is 11.6 Å². The van der Waals surface area contributed by atoms with E-state index in [9.17, 15) is 4.39 Å². The summed E-state index contributed by atoms with van der Waals surface area (Å²) in [5.74, 6) is 0.326. The highest BCUT2D eigenvalue weighted by Gasteiger charge is 2.14. The van der Waals surface area contributed by atoms with Crippen LogP contribution in [0.5, 0.6) is 5.75 Å². The molecule has 1 rings (SSSR count). The van der Waals surface area contributed by atoms with Crippen LogP contribution < -0.4 is 4.74 Å². The lowest BCUT2D eigenvalue weighted by Crippen LogP contribution is -2.01. The highest BCUT2D eigenvalue weighted by molar-refractivity contribution is 5.42. The maximum Gasteiger partial charge on any atom is 0.127 e. The molecule has 1 N–H and O–H groups in total. The van der Waals surface area contributed by atoms with Gasteiger partial charge < -0.3 is 9.84 Å². The maximum atomic E-state index is 13.1. The summed E-state index contributed by atoms with van der Waals surface area (Å²) < 4.78 is 18.1. The van der Waals surface area contributed by atoms with Crippen molar-refractivity contribution in [2.75, 3.05) is 7.11 Å². The number of hydrogen-bond donors (Lipinski definition) is 1. The Bertz CT molecular complexity index is 296. The van der Waals surface area contributed by atoms with E-state index in [0.29, 0.717) is 11.3 Å². The number of aliphatic hydroxyl groups excluding tert-OH is 1. The first-order valence-electron chi connectivity index (χ1n) is 4.57. The number of halogens is 1. The zero-order valence-corrected chi connectivity index (χ0v) is 8.67. The van der Waals surface area contributed by atoms with E-state index >= 15 is 0 Å². The van der Waals surface area contributed by atoms with E-state index < -0.39 is 0 Å². The van der Waals surface area contributed by atoms with Crippen molar-refractivity contribution in [2.45, 2.75) is 26.4 Å². The molecule has 3 heteroatoms. The van der Waals surface area contributed by atoms with Gasteiger partial charge in [0.15, 0.2) is 0 Å². The average Bonchev–Trinajstić information content (AvgIpc) is 2.15. The second kappa shape index (κ2) is 4.42. The van der Waals surface area contributed by atoms with Crippen molar-refractivity contribution in [1.82, 2.24) is 0 Å². The van der Waals surface area contributed by atoms with Crippen molar-refractivity contribution in [3.63, 3.8) is 0 Å². The molecule has 0 bridgehead atoms. The molecule has 0 saturated carbocycles. The Morgan fingerprint density at radius 2 is 2.07 bits per heavy atom. The average molecular weight is 198 g/mol. The fraction of sp³-hybridized carbons (Fsp3) is 0.455. The fourth-order valence-electron chi connectivity index (χ4n) is 1.60. The quantitative estimate of drug-likeness (QED) is 0.808. The third kappa shape index (κ3) is 2.04. The van der Waals surface area contributed by atoms with E-state index in [2.05, 4.69) is 0 Å². The Kier molecular flexibility index (Phi) is 3.47. The second-order valence-corrected chi connectivity index (χ2v) is 3.49. The molecule has 14 heavy (non-hydrogen) atoms. The van der Waals surface area contributed by atoms with Crippen LogP contribution >= 0.6 is 0 Å². The van der Waals surface area contributed by atoms with Gasteiger partial charge >= 0.3 is 0 Å². The van der Waals surface area contributed by atoms with Gasteiger partial charge in [0.1, 0.15) is 11.6 Å². The molecule has 0 fully saturated rings. The van der Waals surface area contributed by atoms with E-state index in [-0.39, 0.29) is 18.3 Å². The van der Waals surface area contributed by atoms with Crippen LogP contribution in [0.1, 0.15) is 30.9 Å². The molecule has 1 aromatic rings. The summed E-state index contributed by atoms with van der Waals surface area (Å²) in [7, 11) is 1.50. The molecular weight excluding hydrogens is 183 g/mol. The first-order valence-corrected chi connectivity index (χ1v) is 4.57. The summed E-state index contributed by atoms with van der Waals surface area (Å²) in [5.41, 5.74) is 1.47. The van der Waals surface area contributed by atoms with E-state index in [1.807, 2.05) is 13.8 Å². The molecule has 78 valence electrons. The Morgan fingerprint density at radius 3 is 2.50 bits per heavy atom. The molecule has 0 aliphatic rings. The summed E-state index contributed by atoms with van der Waals surface area (Å²) in [4.78, 5) is 0.